The van der Waals surface area contributed by atoms with Gasteiger partial charge in [-0.05, 0) is 37.5 Å². The average molecular weight is 223 g/mol. The standard InChI is InChI=1S/C12H17NO3/c1-9-4-5-10(13)8-11(9)12(15)16-7-3-2-6-14/h4-5,8,14H,2-3,6-7,13H2,1H3. The van der Waals surface area contributed by atoms with Crippen LogP contribution < -0.4 is 5.73 Å². The number of ether oxygens (including phenoxy) is 1. The summed E-state index contributed by atoms with van der Waals surface area (Å²) in [5.74, 6) is -0.359. The Labute approximate surface area is 95.0 Å². The van der Waals surface area contributed by atoms with E-state index in [1.165, 1.54) is 0 Å². The number of aliphatic hydroxyl groups is 1. The molecule has 0 aliphatic heterocycles. The molecule has 0 aliphatic rings. The van der Waals surface area contributed by atoms with Crippen molar-refractivity contribution in [2.24, 2.45) is 0 Å². The molecule has 0 aromatic heterocycles. The molecule has 0 aliphatic carbocycles. The summed E-state index contributed by atoms with van der Waals surface area (Å²) in [6, 6.07) is 5.15. The highest BCUT2D eigenvalue weighted by atomic mass is 16.5. The molecule has 1 aromatic rings. The Morgan fingerprint density at radius 2 is 2.19 bits per heavy atom. The monoisotopic (exact) mass is 223 g/mol. The third kappa shape index (κ3) is 3.55. The summed E-state index contributed by atoms with van der Waals surface area (Å²) < 4.78 is 5.06. The molecular formula is C12H17NO3. The molecule has 0 saturated carbocycles. The molecule has 1 aromatic carbocycles. The summed E-state index contributed by atoms with van der Waals surface area (Å²) in [5.41, 5.74) is 7.50. The first kappa shape index (κ1) is 12.5. The van der Waals surface area contributed by atoms with Crippen molar-refractivity contribution in [3.05, 3.63) is 29.3 Å². The van der Waals surface area contributed by atoms with Gasteiger partial charge in [-0.25, -0.2) is 4.79 Å². The van der Waals surface area contributed by atoms with E-state index in [0.717, 1.165) is 5.56 Å². The summed E-state index contributed by atoms with van der Waals surface area (Å²) in [6.45, 7) is 2.28. The summed E-state index contributed by atoms with van der Waals surface area (Å²) in [6.07, 6.45) is 1.31. The van der Waals surface area contributed by atoms with Crippen LogP contribution in [0.4, 0.5) is 5.69 Å². The SMILES string of the molecule is Cc1ccc(N)cc1C(=O)OCCCCO. The smallest absolute Gasteiger partial charge is 0.338 e. The van der Waals surface area contributed by atoms with E-state index in [1.54, 1.807) is 18.2 Å². The van der Waals surface area contributed by atoms with E-state index < -0.39 is 0 Å². The van der Waals surface area contributed by atoms with E-state index in [1.807, 2.05) is 6.92 Å². The summed E-state index contributed by atoms with van der Waals surface area (Å²) in [7, 11) is 0. The molecule has 88 valence electrons. The molecule has 0 radical (unpaired) electrons. The summed E-state index contributed by atoms with van der Waals surface area (Å²) in [5, 5.41) is 8.57. The third-order valence-corrected chi connectivity index (χ3v) is 2.27. The molecule has 4 nitrogen and oxygen atoms in total. The second kappa shape index (κ2) is 6.12. The highest BCUT2D eigenvalue weighted by Crippen LogP contribution is 2.13. The molecule has 0 fully saturated rings. The quantitative estimate of drug-likeness (QED) is 0.451. The van der Waals surface area contributed by atoms with Gasteiger partial charge in [0.05, 0.1) is 12.2 Å². The van der Waals surface area contributed by atoms with Gasteiger partial charge in [-0.3, -0.25) is 0 Å². The van der Waals surface area contributed by atoms with Crippen molar-refractivity contribution >= 4 is 11.7 Å². The zero-order valence-corrected chi connectivity index (χ0v) is 9.40. The fourth-order valence-corrected chi connectivity index (χ4v) is 1.32. The number of rotatable bonds is 5. The van der Waals surface area contributed by atoms with Crippen molar-refractivity contribution in [3.8, 4) is 0 Å². The highest BCUT2D eigenvalue weighted by Gasteiger charge is 2.10. The van der Waals surface area contributed by atoms with Crippen molar-refractivity contribution in [2.45, 2.75) is 19.8 Å². The van der Waals surface area contributed by atoms with Crippen LogP contribution in [0, 0.1) is 6.92 Å². The predicted molar refractivity (Wildman–Crippen MR) is 62.2 cm³/mol. The van der Waals surface area contributed by atoms with E-state index in [4.69, 9.17) is 15.6 Å². The van der Waals surface area contributed by atoms with Crippen LogP contribution in [0.1, 0.15) is 28.8 Å². The van der Waals surface area contributed by atoms with Gasteiger partial charge in [-0.15, -0.1) is 0 Å². The normalized spacial score (nSPS) is 10.1. The van der Waals surface area contributed by atoms with E-state index in [0.29, 0.717) is 30.7 Å². The highest BCUT2D eigenvalue weighted by molar-refractivity contribution is 5.92. The lowest BCUT2D eigenvalue weighted by molar-refractivity contribution is 0.0492. The molecule has 16 heavy (non-hydrogen) atoms. The number of benzene rings is 1. The van der Waals surface area contributed by atoms with Crippen LogP contribution in [0.25, 0.3) is 0 Å². The van der Waals surface area contributed by atoms with Crippen molar-refractivity contribution < 1.29 is 14.6 Å². The van der Waals surface area contributed by atoms with Crippen LogP contribution in [0.15, 0.2) is 18.2 Å². The minimum Gasteiger partial charge on any atom is -0.462 e. The second-order valence-electron chi connectivity index (χ2n) is 3.64. The van der Waals surface area contributed by atoms with Gasteiger partial charge >= 0.3 is 5.97 Å². The molecule has 4 heteroatoms. The van der Waals surface area contributed by atoms with E-state index in [9.17, 15) is 4.79 Å². The van der Waals surface area contributed by atoms with Crippen molar-refractivity contribution in [2.75, 3.05) is 18.9 Å². The fraction of sp³-hybridized carbons (Fsp3) is 0.417. The lowest BCUT2D eigenvalue weighted by Crippen LogP contribution is -2.09. The second-order valence-corrected chi connectivity index (χ2v) is 3.64. The molecule has 0 unspecified atom stereocenters. The molecule has 3 N–H and O–H groups in total. The molecule has 0 atom stereocenters. The number of hydrogen-bond donors (Lipinski definition) is 2. The average Bonchev–Trinajstić information content (AvgIpc) is 2.27. The largest absolute Gasteiger partial charge is 0.462 e. The Morgan fingerprint density at radius 1 is 1.44 bits per heavy atom. The molecule has 0 saturated heterocycles. The molecule has 0 spiro atoms. The first-order chi connectivity index (χ1) is 7.65. The number of carbonyl (C=O) groups excluding carboxylic acids is 1. The minimum atomic E-state index is -0.359. The van der Waals surface area contributed by atoms with E-state index in [2.05, 4.69) is 0 Å². The van der Waals surface area contributed by atoms with Crippen LogP contribution in [-0.4, -0.2) is 24.3 Å². The number of anilines is 1. The van der Waals surface area contributed by atoms with Gasteiger partial charge in [-0.2, -0.15) is 0 Å². The van der Waals surface area contributed by atoms with E-state index >= 15 is 0 Å². The van der Waals surface area contributed by atoms with Crippen LogP contribution >= 0.6 is 0 Å². The number of unbranched alkanes of at least 4 members (excludes halogenated alkanes) is 1. The van der Waals surface area contributed by atoms with Crippen LogP contribution in [0.2, 0.25) is 0 Å². The van der Waals surface area contributed by atoms with Gasteiger partial charge in [0, 0.05) is 12.3 Å². The van der Waals surface area contributed by atoms with Gasteiger partial charge in [0.25, 0.3) is 0 Å². The Hall–Kier alpha value is -1.55. The Morgan fingerprint density at radius 3 is 2.88 bits per heavy atom. The van der Waals surface area contributed by atoms with Crippen LogP contribution in [0.3, 0.4) is 0 Å². The van der Waals surface area contributed by atoms with Crippen LogP contribution in [0.5, 0.6) is 0 Å². The first-order valence-corrected chi connectivity index (χ1v) is 5.29. The number of hydrogen-bond acceptors (Lipinski definition) is 4. The van der Waals surface area contributed by atoms with Gasteiger partial charge < -0.3 is 15.6 Å². The molecule has 0 heterocycles. The topological polar surface area (TPSA) is 72.6 Å². The fourth-order valence-electron chi connectivity index (χ4n) is 1.32. The zero-order valence-electron chi connectivity index (χ0n) is 9.40. The van der Waals surface area contributed by atoms with Gasteiger partial charge in [0.15, 0.2) is 0 Å². The van der Waals surface area contributed by atoms with Crippen LogP contribution in [-0.2, 0) is 4.74 Å². The number of nitrogen functional groups attached to an aromatic ring is 1. The maximum absolute atomic E-state index is 11.6. The number of aliphatic hydroxyl groups excluding tert-OH is 1. The van der Waals surface area contributed by atoms with Crippen molar-refractivity contribution in [3.63, 3.8) is 0 Å². The Kier molecular flexibility index (Phi) is 4.79. The maximum atomic E-state index is 11.6. The molecular weight excluding hydrogens is 206 g/mol. The Bertz CT molecular complexity index is 363. The third-order valence-electron chi connectivity index (χ3n) is 2.27. The minimum absolute atomic E-state index is 0.120. The number of nitrogens with two attached hydrogens (primary N) is 1. The van der Waals surface area contributed by atoms with E-state index in [-0.39, 0.29) is 12.6 Å². The van der Waals surface area contributed by atoms with Crippen molar-refractivity contribution in [1.29, 1.82) is 0 Å². The first-order valence-electron chi connectivity index (χ1n) is 5.29. The Balaban J connectivity index is 2.55. The molecule has 0 bridgehead atoms. The number of aryl methyl sites for hydroxylation is 1. The summed E-state index contributed by atoms with van der Waals surface area (Å²) >= 11 is 0. The molecule has 0 amide bonds. The van der Waals surface area contributed by atoms with Crippen molar-refractivity contribution in [1.82, 2.24) is 0 Å². The summed E-state index contributed by atoms with van der Waals surface area (Å²) in [4.78, 5) is 11.6. The number of carbonyl (C=O) groups is 1. The maximum Gasteiger partial charge on any atom is 0.338 e. The number of esters is 1. The lowest BCUT2D eigenvalue weighted by atomic mass is 10.1. The zero-order chi connectivity index (χ0) is 12.0. The van der Waals surface area contributed by atoms with Gasteiger partial charge in [0.2, 0.25) is 0 Å². The van der Waals surface area contributed by atoms with Gasteiger partial charge in [0.1, 0.15) is 0 Å². The lowest BCUT2D eigenvalue weighted by Gasteiger charge is -2.07. The predicted octanol–water partition coefficient (Wildman–Crippen LogP) is 1.51. The van der Waals surface area contributed by atoms with Gasteiger partial charge in [-0.1, -0.05) is 6.07 Å². The molecule has 1 rings (SSSR count).